The number of rotatable bonds is 5. The minimum atomic E-state index is -0.477. The molecule has 1 aromatic heterocycles. The number of hydrogen-bond donors (Lipinski definition) is 2. The number of anilines is 1. The molecular formula is C29H37N5O3. The third-order valence-electron chi connectivity index (χ3n) is 5.99. The summed E-state index contributed by atoms with van der Waals surface area (Å²) in [5.41, 5.74) is 7.47. The lowest BCUT2D eigenvalue weighted by Gasteiger charge is -2.25. The number of amides is 2. The van der Waals surface area contributed by atoms with Crippen LogP contribution < -0.4 is 15.8 Å². The van der Waals surface area contributed by atoms with Gasteiger partial charge < -0.3 is 20.7 Å². The second kappa shape index (κ2) is 13.9. The van der Waals surface area contributed by atoms with Crippen LogP contribution in [0.15, 0.2) is 67.3 Å². The van der Waals surface area contributed by atoms with Crippen molar-refractivity contribution in [1.82, 2.24) is 14.7 Å². The predicted octanol–water partition coefficient (Wildman–Crippen LogP) is 5.47. The highest BCUT2D eigenvalue weighted by Crippen LogP contribution is 2.32. The van der Waals surface area contributed by atoms with Crippen LogP contribution in [0.2, 0.25) is 0 Å². The summed E-state index contributed by atoms with van der Waals surface area (Å²) in [5, 5.41) is 7.79. The minimum Gasteiger partial charge on any atom is -0.457 e. The Hall–Kier alpha value is -4.07. The lowest BCUT2D eigenvalue weighted by molar-refractivity contribution is -0.126. The van der Waals surface area contributed by atoms with Crippen LogP contribution in [0.5, 0.6) is 11.5 Å². The molecule has 8 heteroatoms. The molecular weight excluding hydrogens is 466 g/mol. The van der Waals surface area contributed by atoms with E-state index in [-0.39, 0.29) is 5.91 Å². The van der Waals surface area contributed by atoms with E-state index in [0.717, 1.165) is 62.5 Å². The van der Waals surface area contributed by atoms with Crippen LogP contribution in [0.4, 0.5) is 5.82 Å². The third-order valence-corrected chi connectivity index (χ3v) is 5.99. The quantitative estimate of drug-likeness (QED) is 0.450. The molecule has 2 amide bonds. The SMILES string of the molecule is C=CC(=O)N1CCCCC1.CC.NC(=O)c1c(-c2ccc(Oc3ccccc3)cc2)nn2c1NCCC2. The molecule has 0 spiro atoms. The molecule has 1 saturated heterocycles. The largest absolute Gasteiger partial charge is 0.457 e. The Morgan fingerprint density at radius 1 is 0.946 bits per heavy atom. The number of piperidine rings is 1. The molecule has 0 bridgehead atoms. The van der Waals surface area contributed by atoms with Gasteiger partial charge in [0.15, 0.2) is 0 Å². The van der Waals surface area contributed by atoms with Crippen molar-refractivity contribution >= 4 is 17.6 Å². The van der Waals surface area contributed by atoms with Gasteiger partial charge in [0, 0.05) is 31.7 Å². The molecule has 0 atom stereocenters. The number of likely N-dealkylation sites (tertiary alicyclic amines) is 1. The number of nitrogens with zero attached hydrogens (tertiary/aromatic N) is 3. The number of aromatic nitrogens is 2. The number of primary amides is 1. The van der Waals surface area contributed by atoms with Gasteiger partial charge in [0.05, 0.1) is 0 Å². The second-order valence-corrected chi connectivity index (χ2v) is 8.47. The van der Waals surface area contributed by atoms with E-state index in [1.165, 1.54) is 12.5 Å². The maximum atomic E-state index is 11.9. The van der Waals surface area contributed by atoms with E-state index in [4.69, 9.17) is 10.5 Å². The normalized spacial score (nSPS) is 13.9. The van der Waals surface area contributed by atoms with Gasteiger partial charge in [-0.05, 0) is 68.2 Å². The number of nitrogens with two attached hydrogens (primary N) is 1. The topological polar surface area (TPSA) is 102 Å². The van der Waals surface area contributed by atoms with Crippen molar-refractivity contribution in [1.29, 1.82) is 0 Å². The summed E-state index contributed by atoms with van der Waals surface area (Å²) < 4.78 is 7.61. The summed E-state index contributed by atoms with van der Waals surface area (Å²) in [6.07, 6.45) is 5.93. The van der Waals surface area contributed by atoms with Gasteiger partial charge in [-0.2, -0.15) is 5.10 Å². The predicted molar refractivity (Wildman–Crippen MR) is 148 cm³/mol. The summed E-state index contributed by atoms with van der Waals surface area (Å²) >= 11 is 0. The van der Waals surface area contributed by atoms with E-state index in [9.17, 15) is 9.59 Å². The molecule has 0 aliphatic carbocycles. The number of carbonyl (C=O) groups excluding carboxylic acids is 2. The highest BCUT2D eigenvalue weighted by Gasteiger charge is 2.24. The molecule has 2 aromatic carbocycles. The molecule has 196 valence electrons. The van der Waals surface area contributed by atoms with Crippen molar-refractivity contribution in [3.05, 3.63) is 72.8 Å². The number of fused-ring (bicyclic) bond motifs is 1. The van der Waals surface area contributed by atoms with Crippen LogP contribution in [0.1, 0.15) is 49.9 Å². The highest BCUT2D eigenvalue weighted by molar-refractivity contribution is 6.03. The fourth-order valence-electron chi connectivity index (χ4n) is 4.22. The molecule has 2 aliphatic heterocycles. The summed E-state index contributed by atoms with van der Waals surface area (Å²) in [6, 6.07) is 17.1. The number of aryl methyl sites for hydroxylation is 1. The lowest BCUT2D eigenvalue weighted by Crippen LogP contribution is -2.34. The Morgan fingerprint density at radius 2 is 1.59 bits per heavy atom. The van der Waals surface area contributed by atoms with Crippen molar-refractivity contribution < 1.29 is 14.3 Å². The summed E-state index contributed by atoms with van der Waals surface area (Å²) in [4.78, 5) is 24.8. The van der Waals surface area contributed by atoms with Crippen LogP contribution in [-0.4, -0.2) is 46.1 Å². The number of hydrogen-bond acceptors (Lipinski definition) is 5. The van der Waals surface area contributed by atoms with Crippen LogP contribution in [-0.2, 0) is 11.3 Å². The van der Waals surface area contributed by atoms with Gasteiger partial charge in [-0.1, -0.05) is 38.6 Å². The minimum absolute atomic E-state index is 0.0831. The van der Waals surface area contributed by atoms with Gasteiger partial charge in [0.2, 0.25) is 5.91 Å². The average Bonchev–Trinajstić information content (AvgIpc) is 3.35. The van der Waals surface area contributed by atoms with Gasteiger partial charge in [-0.25, -0.2) is 4.68 Å². The zero-order valence-electron chi connectivity index (χ0n) is 21.8. The fraction of sp³-hybridized carbons (Fsp3) is 0.345. The smallest absolute Gasteiger partial charge is 0.254 e. The van der Waals surface area contributed by atoms with E-state index < -0.39 is 5.91 Å². The molecule has 0 radical (unpaired) electrons. The van der Waals surface area contributed by atoms with Gasteiger partial charge in [-0.15, -0.1) is 0 Å². The van der Waals surface area contributed by atoms with Gasteiger partial charge in [0.25, 0.3) is 5.91 Å². The van der Waals surface area contributed by atoms with E-state index in [0.29, 0.717) is 17.1 Å². The van der Waals surface area contributed by atoms with Crippen LogP contribution in [0.25, 0.3) is 11.3 Å². The van der Waals surface area contributed by atoms with Crippen LogP contribution >= 0.6 is 0 Å². The fourth-order valence-corrected chi connectivity index (χ4v) is 4.22. The Kier molecular flexibility index (Phi) is 10.3. The standard InChI is InChI=1S/C19H18N4O2.C8H13NO.C2H6/c20-18(24)16-17(22-23-12-4-11-21-19(16)23)13-7-9-15(10-8-13)25-14-5-2-1-3-6-14;1-2-8(10)9-6-4-3-5-7-9;1-2/h1-3,5-10,21H,4,11-12H2,(H2,20,24);2H,1,3-7H2;1-2H3. The zero-order chi connectivity index (χ0) is 26.6. The zero-order valence-corrected chi connectivity index (χ0v) is 21.8. The molecule has 8 nitrogen and oxygen atoms in total. The number of carbonyl (C=O) groups is 2. The first-order valence-electron chi connectivity index (χ1n) is 13.0. The van der Waals surface area contributed by atoms with Crippen molar-refractivity contribution in [2.45, 2.75) is 46.1 Å². The van der Waals surface area contributed by atoms with Crippen LogP contribution in [0, 0.1) is 0 Å². The Morgan fingerprint density at radius 3 is 2.22 bits per heavy atom. The third kappa shape index (κ3) is 7.22. The maximum Gasteiger partial charge on any atom is 0.254 e. The monoisotopic (exact) mass is 503 g/mol. The first-order chi connectivity index (χ1) is 18.1. The van der Waals surface area contributed by atoms with E-state index >= 15 is 0 Å². The second-order valence-electron chi connectivity index (χ2n) is 8.47. The van der Waals surface area contributed by atoms with Crippen molar-refractivity contribution in [2.75, 3.05) is 25.0 Å². The summed E-state index contributed by atoms with van der Waals surface area (Å²) in [7, 11) is 0. The Bertz CT molecular complexity index is 1170. The van der Waals surface area contributed by atoms with Crippen molar-refractivity contribution in [3.8, 4) is 22.8 Å². The van der Waals surface area contributed by atoms with Crippen molar-refractivity contribution in [2.24, 2.45) is 5.73 Å². The Labute approximate surface area is 219 Å². The highest BCUT2D eigenvalue weighted by atomic mass is 16.5. The molecule has 2 aliphatic rings. The molecule has 1 fully saturated rings. The van der Waals surface area contributed by atoms with Gasteiger partial charge >= 0.3 is 0 Å². The lowest BCUT2D eigenvalue weighted by atomic mass is 10.1. The van der Waals surface area contributed by atoms with Gasteiger partial charge in [0.1, 0.15) is 28.6 Å². The molecule has 37 heavy (non-hydrogen) atoms. The molecule has 3 heterocycles. The molecule has 5 rings (SSSR count). The van der Waals surface area contributed by atoms with E-state index in [2.05, 4.69) is 17.0 Å². The average molecular weight is 504 g/mol. The summed E-state index contributed by atoms with van der Waals surface area (Å²) in [6.45, 7) is 10.9. The number of benzene rings is 2. The van der Waals surface area contributed by atoms with Gasteiger partial charge in [-0.3, -0.25) is 9.59 Å². The first kappa shape index (κ1) is 27.5. The number of para-hydroxylation sites is 1. The number of ether oxygens (including phenoxy) is 1. The molecule has 3 N–H and O–H groups in total. The van der Waals surface area contributed by atoms with E-state index in [1.807, 2.05) is 78.0 Å². The molecule has 3 aromatic rings. The van der Waals surface area contributed by atoms with E-state index in [1.54, 1.807) is 0 Å². The molecule has 0 unspecified atom stereocenters. The van der Waals surface area contributed by atoms with Crippen LogP contribution in [0.3, 0.4) is 0 Å². The molecule has 0 saturated carbocycles. The summed E-state index contributed by atoms with van der Waals surface area (Å²) in [5.74, 6) is 1.81. The number of nitrogens with one attached hydrogen (secondary N) is 1. The first-order valence-corrected chi connectivity index (χ1v) is 13.0. The maximum absolute atomic E-state index is 11.9. The Balaban J connectivity index is 0.000000266. The van der Waals surface area contributed by atoms with Crippen molar-refractivity contribution in [3.63, 3.8) is 0 Å².